The molecule has 0 radical (unpaired) electrons. The molecule has 0 bridgehead atoms. The van der Waals surface area contributed by atoms with Gasteiger partial charge in [-0.15, -0.1) is 0 Å². The van der Waals surface area contributed by atoms with Crippen molar-refractivity contribution in [3.63, 3.8) is 0 Å². The van der Waals surface area contributed by atoms with Crippen molar-refractivity contribution in [2.45, 2.75) is 39.7 Å². The molecule has 3 heteroatoms. The van der Waals surface area contributed by atoms with Crippen LogP contribution in [0.15, 0.2) is 0 Å². The Hall–Kier alpha value is -0.120. The average molecular weight is 202 g/mol. The third-order valence-electron chi connectivity index (χ3n) is 2.47. The Morgan fingerprint density at radius 1 is 1.29 bits per heavy atom. The van der Waals surface area contributed by atoms with Gasteiger partial charge in [0.1, 0.15) is 0 Å². The molecule has 0 saturated heterocycles. The zero-order chi connectivity index (χ0) is 10.8. The predicted molar refractivity (Wildman–Crippen MR) is 61.6 cm³/mol. The number of aliphatic hydroxyl groups is 1. The van der Waals surface area contributed by atoms with Gasteiger partial charge in [-0.25, -0.2) is 0 Å². The van der Waals surface area contributed by atoms with Crippen LogP contribution < -0.4 is 5.32 Å². The van der Waals surface area contributed by atoms with E-state index in [9.17, 15) is 0 Å². The largest absolute Gasteiger partial charge is 0.395 e. The van der Waals surface area contributed by atoms with E-state index >= 15 is 0 Å². The molecule has 1 unspecified atom stereocenters. The van der Waals surface area contributed by atoms with E-state index in [1.54, 1.807) is 0 Å². The fraction of sp³-hybridized carbons (Fsp3) is 1.00. The first-order valence-corrected chi connectivity index (χ1v) is 5.84. The van der Waals surface area contributed by atoms with E-state index in [-0.39, 0.29) is 12.6 Å². The molecule has 0 aromatic rings. The van der Waals surface area contributed by atoms with Gasteiger partial charge in [-0.05, 0) is 26.1 Å². The van der Waals surface area contributed by atoms with E-state index in [1.807, 2.05) is 0 Å². The summed E-state index contributed by atoms with van der Waals surface area (Å²) in [7, 11) is 0. The molecule has 86 valence electrons. The van der Waals surface area contributed by atoms with Crippen LogP contribution in [0.2, 0.25) is 0 Å². The Morgan fingerprint density at radius 3 is 2.43 bits per heavy atom. The molecule has 0 aliphatic carbocycles. The molecule has 2 N–H and O–H groups in total. The number of likely N-dealkylation sites (N-methyl/N-ethyl adjacent to an activating group) is 2. The Labute approximate surface area is 88.5 Å². The van der Waals surface area contributed by atoms with Crippen LogP contribution >= 0.6 is 0 Å². The number of hydrogen-bond donors (Lipinski definition) is 2. The zero-order valence-corrected chi connectivity index (χ0v) is 9.92. The molecule has 14 heavy (non-hydrogen) atoms. The maximum absolute atomic E-state index is 9.14. The Balaban J connectivity index is 3.75. The van der Waals surface area contributed by atoms with Gasteiger partial charge in [0.25, 0.3) is 0 Å². The maximum Gasteiger partial charge on any atom is 0.0597 e. The van der Waals surface area contributed by atoms with Crippen molar-refractivity contribution in [3.8, 4) is 0 Å². The quantitative estimate of drug-likeness (QED) is 0.587. The van der Waals surface area contributed by atoms with Crippen molar-refractivity contribution in [1.82, 2.24) is 10.2 Å². The summed E-state index contributed by atoms with van der Waals surface area (Å²) in [5.74, 6) is 0. The van der Waals surface area contributed by atoms with E-state index in [2.05, 4.69) is 31.0 Å². The lowest BCUT2D eigenvalue weighted by atomic mass is 10.2. The van der Waals surface area contributed by atoms with Crippen LogP contribution in [-0.4, -0.2) is 48.8 Å². The monoisotopic (exact) mass is 202 g/mol. The first-order valence-electron chi connectivity index (χ1n) is 5.84. The van der Waals surface area contributed by atoms with Crippen molar-refractivity contribution < 1.29 is 5.11 Å². The van der Waals surface area contributed by atoms with Crippen LogP contribution in [0, 0.1) is 0 Å². The number of hydrogen-bond acceptors (Lipinski definition) is 3. The fourth-order valence-corrected chi connectivity index (χ4v) is 1.55. The minimum atomic E-state index is 0.233. The fourth-order valence-electron chi connectivity index (χ4n) is 1.55. The van der Waals surface area contributed by atoms with Gasteiger partial charge in [-0.2, -0.15) is 0 Å². The van der Waals surface area contributed by atoms with Crippen LogP contribution in [0.25, 0.3) is 0 Å². The van der Waals surface area contributed by atoms with E-state index in [4.69, 9.17) is 5.11 Å². The molecule has 0 aromatic carbocycles. The lowest BCUT2D eigenvalue weighted by Crippen LogP contribution is -2.43. The van der Waals surface area contributed by atoms with Crippen LogP contribution in [-0.2, 0) is 0 Å². The molecule has 0 fully saturated rings. The Morgan fingerprint density at radius 2 is 2.00 bits per heavy atom. The van der Waals surface area contributed by atoms with Crippen molar-refractivity contribution in [2.75, 3.05) is 32.8 Å². The first-order chi connectivity index (χ1) is 6.78. The number of unbranched alkanes of at least 4 members (excludes halogenated alkanes) is 1. The summed E-state index contributed by atoms with van der Waals surface area (Å²) < 4.78 is 0. The highest BCUT2D eigenvalue weighted by atomic mass is 16.3. The van der Waals surface area contributed by atoms with Crippen molar-refractivity contribution in [1.29, 1.82) is 0 Å². The van der Waals surface area contributed by atoms with Gasteiger partial charge < -0.3 is 15.3 Å². The molecule has 1 atom stereocenters. The molecule has 3 nitrogen and oxygen atoms in total. The smallest absolute Gasteiger partial charge is 0.0597 e. The van der Waals surface area contributed by atoms with Crippen molar-refractivity contribution in [3.05, 3.63) is 0 Å². The number of aliphatic hydroxyl groups excluding tert-OH is 1. The van der Waals surface area contributed by atoms with Gasteiger partial charge in [0.05, 0.1) is 6.61 Å². The lowest BCUT2D eigenvalue weighted by Gasteiger charge is -2.25. The summed E-state index contributed by atoms with van der Waals surface area (Å²) in [5.41, 5.74) is 0. The molecule has 0 heterocycles. The van der Waals surface area contributed by atoms with Crippen LogP contribution in [0.4, 0.5) is 0 Å². The summed E-state index contributed by atoms with van der Waals surface area (Å²) >= 11 is 0. The second-order valence-electron chi connectivity index (χ2n) is 3.68. The van der Waals surface area contributed by atoms with Crippen molar-refractivity contribution in [2.24, 2.45) is 0 Å². The molecular weight excluding hydrogens is 176 g/mol. The molecule has 0 saturated carbocycles. The molecule has 0 rings (SSSR count). The Kier molecular flexibility index (Phi) is 9.35. The first kappa shape index (κ1) is 13.9. The van der Waals surface area contributed by atoms with Crippen LogP contribution in [0.5, 0.6) is 0 Å². The second kappa shape index (κ2) is 9.44. The van der Waals surface area contributed by atoms with Gasteiger partial charge in [0, 0.05) is 12.6 Å². The minimum absolute atomic E-state index is 0.233. The summed E-state index contributed by atoms with van der Waals surface area (Å²) in [6, 6.07) is 0.233. The highest BCUT2D eigenvalue weighted by Crippen LogP contribution is 1.96. The van der Waals surface area contributed by atoms with Crippen molar-refractivity contribution >= 4 is 0 Å². The SMILES string of the molecule is CCCCN(CC)CC(CO)NCC. The van der Waals surface area contributed by atoms with E-state index in [1.165, 1.54) is 12.8 Å². The van der Waals surface area contributed by atoms with Crippen LogP contribution in [0.3, 0.4) is 0 Å². The number of rotatable bonds is 9. The maximum atomic E-state index is 9.14. The third kappa shape index (κ3) is 6.35. The van der Waals surface area contributed by atoms with Gasteiger partial charge in [0.2, 0.25) is 0 Å². The second-order valence-corrected chi connectivity index (χ2v) is 3.68. The average Bonchev–Trinajstić information content (AvgIpc) is 2.22. The topological polar surface area (TPSA) is 35.5 Å². The van der Waals surface area contributed by atoms with Gasteiger partial charge in [-0.1, -0.05) is 27.2 Å². The zero-order valence-electron chi connectivity index (χ0n) is 9.92. The third-order valence-corrected chi connectivity index (χ3v) is 2.47. The summed E-state index contributed by atoms with van der Waals surface area (Å²) in [6.07, 6.45) is 2.49. The molecule has 0 spiro atoms. The summed E-state index contributed by atoms with van der Waals surface area (Å²) in [6.45, 7) is 10.8. The number of nitrogens with one attached hydrogen (secondary N) is 1. The molecular formula is C11H26N2O. The highest BCUT2D eigenvalue weighted by Gasteiger charge is 2.10. The molecule has 0 aliphatic heterocycles. The standard InChI is InChI=1S/C11H26N2O/c1-4-7-8-13(6-3)9-11(10-14)12-5-2/h11-12,14H,4-10H2,1-3H3. The predicted octanol–water partition coefficient (Wildman–Crippen LogP) is 1.08. The minimum Gasteiger partial charge on any atom is -0.395 e. The van der Waals surface area contributed by atoms with E-state index < -0.39 is 0 Å². The van der Waals surface area contributed by atoms with Gasteiger partial charge >= 0.3 is 0 Å². The normalized spacial score (nSPS) is 13.5. The highest BCUT2D eigenvalue weighted by molar-refractivity contribution is 4.69. The summed E-state index contributed by atoms with van der Waals surface area (Å²) in [4.78, 5) is 2.40. The van der Waals surface area contributed by atoms with E-state index in [0.29, 0.717) is 0 Å². The molecule has 0 aromatic heterocycles. The lowest BCUT2D eigenvalue weighted by molar-refractivity contribution is 0.185. The van der Waals surface area contributed by atoms with Gasteiger partial charge in [-0.3, -0.25) is 0 Å². The van der Waals surface area contributed by atoms with E-state index in [0.717, 1.165) is 26.2 Å². The van der Waals surface area contributed by atoms with Crippen LogP contribution in [0.1, 0.15) is 33.6 Å². The summed E-state index contributed by atoms with van der Waals surface area (Å²) in [5, 5.41) is 12.4. The number of nitrogens with zero attached hydrogens (tertiary/aromatic N) is 1. The Bertz CT molecular complexity index is 120. The molecule has 0 amide bonds. The van der Waals surface area contributed by atoms with Gasteiger partial charge in [0.15, 0.2) is 0 Å². The molecule has 0 aliphatic rings.